The zero-order chi connectivity index (χ0) is 13.9. The minimum absolute atomic E-state index is 0.256. The molecule has 5 heteroatoms. The van der Waals surface area contributed by atoms with Crippen LogP contribution in [0.4, 0.5) is 10.1 Å². The summed E-state index contributed by atoms with van der Waals surface area (Å²) in [6, 6.07) is 5.27. The van der Waals surface area contributed by atoms with Gasteiger partial charge in [-0.1, -0.05) is 24.6 Å². The Morgan fingerprint density at radius 3 is 3.05 bits per heavy atom. The van der Waals surface area contributed by atoms with E-state index < -0.39 is 0 Å². The van der Waals surface area contributed by atoms with Gasteiger partial charge in [0.1, 0.15) is 0 Å². The summed E-state index contributed by atoms with van der Waals surface area (Å²) in [5, 5.41) is 4.23. The van der Waals surface area contributed by atoms with E-state index in [1.807, 2.05) is 0 Å². The van der Waals surface area contributed by atoms with Gasteiger partial charge in [-0.25, -0.2) is 4.39 Å². The molecular weight excluding hydrogens is 275 g/mol. The molecule has 2 unspecified atom stereocenters. The first-order chi connectivity index (χ1) is 9.76. The van der Waals surface area contributed by atoms with Crippen molar-refractivity contribution in [3.63, 3.8) is 0 Å². The Morgan fingerprint density at radius 2 is 2.20 bits per heavy atom. The number of amidine groups is 1. The quantitative estimate of drug-likeness (QED) is 0.898. The number of rotatable bonds is 2. The highest BCUT2D eigenvalue weighted by atomic mass is 32.2. The van der Waals surface area contributed by atoms with E-state index in [1.54, 1.807) is 23.9 Å². The molecule has 1 fully saturated rings. The molecule has 1 aromatic carbocycles. The first-order valence-corrected chi connectivity index (χ1v) is 8.06. The smallest absolute Gasteiger partial charge is 0.165 e. The van der Waals surface area contributed by atoms with Gasteiger partial charge in [-0.15, -0.1) is 0 Å². The second kappa shape index (κ2) is 6.04. The number of thioether (sulfide) groups is 1. The van der Waals surface area contributed by atoms with Crippen LogP contribution in [0.1, 0.15) is 25.7 Å². The van der Waals surface area contributed by atoms with Crippen LogP contribution < -0.4 is 10.1 Å². The van der Waals surface area contributed by atoms with Gasteiger partial charge in [0, 0.05) is 17.5 Å². The normalized spacial score (nSPS) is 25.6. The zero-order valence-electron chi connectivity index (χ0n) is 11.6. The highest BCUT2D eigenvalue weighted by Crippen LogP contribution is 2.34. The van der Waals surface area contributed by atoms with E-state index in [-0.39, 0.29) is 11.6 Å². The van der Waals surface area contributed by atoms with Crippen LogP contribution in [0.15, 0.2) is 23.2 Å². The summed E-state index contributed by atoms with van der Waals surface area (Å²) in [5.74, 6) is 1.78. The summed E-state index contributed by atoms with van der Waals surface area (Å²) < 4.78 is 18.4. The monoisotopic (exact) mass is 294 g/mol. The summed E-state index contributed by atoms with van der Waals surface area (Å²) in [4.78, 5) is 4.81. The number of fused-ring (bicyclic) bond motifs is 1. The molecule has 1 aromatic rings. The average molecular weight is 294 g/mol. The van der Waals surface area contributed by atoms with Crippen LogP contribution in [0.25, 0.3) is 0 Å². The first-order valence-electron chi connectivity index (χ1n) is 7.07. The lowest BCUT2D eigenvalue weighted by molar-refractivity contribution is 0.336. The molecule has 0 bridgehead atoms. The molecule has 1 heterocycles. The minimum atomic E-state index is -0.344. The van der Waals surface area contributed by atoms with Gasteiger partial charge in [-0.2, -0.15) is 0 Å². The molecule has 20 heavy (non-hydrogen) atoms. The fourth-order valence-corrected chi connectivity index (χ4v) is 4.02. The van der Waals surface area contributed by atoms with E-state index in [2.05, 4.69) is 5.32 Å². The third kappa shape index (κ3) is 2.92. The van der Waals surface area contributed by atoms with E-state index in [1.165, 1.54) is 38.9 Å². The number of nitrogens with zero attached hydrogens (tertiary/aromatic N) is 1. The predicted octanol–water partition coefficient (Wildman–Crippen LogP) is 3.91. The SMILES string of the molecule is COc1cc(NC2=NC3CCCCC3CS2)ccc1F. The van der Waals surface area contributed by atoms with Crippen molar-refractivity contribution >= 4 is 22.6 Å². The highest BCUT2D eigenvalue weighted by Gasteiger charge is 2.29. The second-order valence-corrected chi connectivity index (χ2v) is 6.34. The lowest BCUT2D eigenvalue weighted by Crippen LogP contribution is -2.31. The van der Waals surface area contributed by atoms with Crippen LogP contribution >= 0.6 is 11.8 Å². The second-order valence-electron chi connectivity index (χ2n) is 5.33. The molecule has 1 aliphatic carbocycles. The van der Waals surface area contributed by atoms with E-state index in [0.717, 1.165) is 22.5 Å². The predicted molar refractivity (Wildman–Crippen MR) is 82.2 cm³/mol. The Labute approximate surface area is 123 Å². The Hall–Kier alpha value is -1.23. The fraction of sp³-hybridized carbons (Fsp3) is 0.533. The van der Waals surface area contributed by atoms with Gasteiger partial charge in [-0.3, -0.25) is 4.99 Å². The number of halogens is 1. The van der Waals surface area contributed by atoms with Gasteiger partial charge in [0.15, 0.2) is 16.7 Å². The summed E-state index contributed by atoms with van der Waals surface area (Å²) in [6.45, 7) is 0. The number of methoxy groups -OCH3 is 1. The number of nitrogens with one attached hydrogen (secondary N) is 1. The summed E-state index contributed by atoms with van der Waals surface area (Å²) in [6.07, 6.45) is 5.13. The van der Waals surface area contributed by atoms with Crippen molar-refractivity contribution in [1.29, 1.82) is 0 Å². The van der Waals surface area contributed by atoms with E-state index in [4.69, 9.17) is 9.73 Å². The van der Waals surface area contributed by atoms with Crippen LogP contribution in [0.2, 0.25) is 0 Å². The topological polar surface area (TPSA) is 33.6 Å². The number of hydrogen-bond acceptors (Lipinski definition) is 4. The van der Waals surface area contributed by atoms with Gasteiger partial charge >= 0.3 is 0 Å². The molecule has 0 radical (unpaired) electrons. The summed E-state index contributed by atoms with van der Waals surface area (Å²) in [7, 11) is 1.47. The molecule has 0 spiro atoms. The maximum atomic E-state index is 13.4. The highest BCUT2D eigenvalue weighted by molar-refractivity contribution is 8.14. The largest absolute Gasteiger partial charge is 0.494 e. The Kier molecular flexibility index (Phi) is 4.15. The van der Waals surface area contributed by atoms with Crippen LogP contribution in [-0.4, -0.2) is 24.1 Å². The molecule has 1 N–H and O–H groups in total. The van der Waals surface area contributed by atoms with Gasteiger partial charge in [0.2, 0.25) is 0 Å². The van der Waals surface area contributed by atoms with Crippen LogP contribution in [-0.2, 0) is 0 Å². The minimum Gasteiger partial charge on any atom is -0.494 e. The standard InChI is InChI=1S/C15H19FN2OS/c1-19-14-8-11(6-7-12(14)16)17-15-18-13-5-3-2-4-10(13)9-20-15/h6-8,10,13H,2-5,9H2,1H3,(H,17,18). The van der Waals surface area contributed by atoms with Crippen molar-refractivity contribution in [2.75, 3.05) is 18.2 Å². The third-order valence-corrected chi connectivity index (χ3v) is 5.06. The average Bonchev–Trinajstić information content (AvgIpc) is 2.49. The van der Waals surface area contributed by atoms with E-state index in [9.17, 15) is 4.39 Å². The van der Waals surface area contributed by atoms with Crippen molar-refractivity contribution < 1.29 is 9.13 Å². The molecule has 3 rings (SSSR count). The van der Waals surface area contributed by atoms with Crippen LogP contribution in [0.3, 0.4) is 0 Å². The first kappa shape index (κ1) is 13.7. The lowest BCUT2D eigenvalue weighted by Gasteiger charge is -2.32. The number of ether oxygens (including phenoxy) is 1. The van der Waals surface area contributed by atoms with Crippen molar-refractivity contribution in [1.82, 2.24) is 0 Å². The molecule has 2 atom stereocenters. The maximum Gasteiger partial charge on any atom is 0.165 e. The van der Waals surface area contributed by atoms with Gasteiger partial charge in [0.25, 0.3) is 0 Å². The van der Waals surface area contributed by atoms with Gasteiger partial charge < -0.3 is 10.1 Å². The molecular formula is C15H19FN2OS. The molecule has 0 saturated heterocycles. The van der Waals surface area contributed by atoms with Crippen molar-refractivity contribution in [3.8, 4) is 5.75 Å². The molecule has 1 aliphatic heterocycles. The van der Waals surface area contributed by atoms with Crippen molar-refractivity contribution in [3.05, 3.63) is 24.0 Å². The number of anilines is 1. The fourth-order valence-electron chi connectivity index (χ4n) is 2.86. The van der Waals surface area contributed by atoms with E-state index >= 15 is 0 Å². The molecule has 0 aromatic heterocycles. The Morgan fingerprint density at radius 1 is 1.35 bits per heavy atom. The lowest BCUT2D eigenvalue weighted by atomic mass is 9.86. The van der Waals surface area contributed by atoms with Crippen LogP contribution in [0, 0.1) is 11.7 Å². The molecule has 1 saturated carbocycles. The summed E-state index contributed by atoms with van der Waals surface area (Å²) in [5.41, 5.74) is 0.823. The molecule has 2 aliphatic rings. The van der Waals surface area contributed by atoms with Gasteiger partial charge in [0.05, 0.1) is 13.2 Å². The van der Waals surface area contributed by atoms with Gasteiger partial charge in [-0.05, 0) is 30.9 Å². The number of benzene rings is 1. The third-order valence-electron chi connectivity index (χ3n) is 3.99. The van der Waals surface area contributed by atoms with Crippen molar-refractivity contribution in [2.45, 2.75) is 31.7 Å². The number of hydrogen-bond donors (Lipinski definition) is 1. The van der Waals surface area contributed by atoms with Crippen LogP contribution in [0.5, 0.6) is 5.75 Å². The number of aliphatic imine (C=N–C) groups is 1. The maximum absolute atomic E-state index is 13.4. The Balaban J connectivity index is 1.73. The zero-order valence-corrected chi connectivity index (χ0v) is 12.4. The van der Waals surface area contributed by atoms with Crippen molar-refractivity contribution in [2.24, 2.45) is 10.9 Å². The van der Waals surface area contributed by atoms with E-state index in [0.29, 0.717) is 6.04 Å². The molecule has 3 nitrogen and oxygen atoms in total. The molecule has 108 valence electrons. The summed E-state index contributed by atoms with van der Waals surface area (Å²) >= 11 is 1.77. The molecule has 0 amide bonds. The Bertz CT molecular complexity index is 521.